The Morgan fingerprint density at radius 1 is 1.35 bits per heavy atom. The molecule has 0 bridgehead atoms. The first-order valence-corrected chi connectivity index (χ1v) is 6.63. The quantitative estimate of drug-likeness (QED) is 0.537. The number of amides is 1. The third-order valence-corrected chi connectivity index (χ3v) is 2.94. The van der Waals surface area contributed by atoms with E-state index in [1.807, 2.05) is 0 Å². The molecule has 0 radical (unpaired) electrons. The number of aliphatic carboxylic acids is 1. The summed E-state index contributed by atoms with van der Waals surface area (Å²) in [5.41, 5.74) is 5.79. The van der Waals surface area contributed by atoms with Crippen molar-refractivity contribution in [2.24, 2.45) is 5.73 Å². The van der Waals surface area contributed by atoms with Gasteiger partial charge in [-0.3, -0.25) is 9.59 Å². The summed E-state index contributed by atoms with van der Waals surface area (Å²) in [6.45, 7) is 0.915. The number of rotatable bonds is 8. The molecule has 7 heteroatoms. The van der Waals surface area contributed by atoms with Gasteiger partial charge in [0.2, 0.25) is 5.91 Å². The van der Waals surface area contributed by atoms with Gasteiger partial charge in [0, 0.05) is 0 Å². The number of carbonyl (C=O) groups excluding carboxylic acids is 1. The van der Waals surface area contributed by atoms with Crippen LogP contribution in [0.25, 0.3) is 0 Å². The number of carboxylic acid groups (broad SMARTS) is 1. The molecule has 1 amide bonds. The van der Waals surface area contributed by atoms with Crippen molar-refractivity contribution >= 4 is 29.2 Å². The first-order chi connectivity index (χ1) is 9.54. The molecule has 0 spiro atoms. The Bertz CT molecular complexity index is 468. The highest BCUT2D eigenvalue weighted by Crippen LogP contribution is 2.20. The maximum atomic E-state index is 11.8. The molecule has 0 saturated heterocycles. The van der Waals surface area contributed by atoms with Gasteiger partial charge in [0.05, 0.1) is 17.1 Å². The van der Waals surface area contributed by atoms with Crippen LogP contribution in [0.15, 0.2) is 24.3 Å². The molecular weight excluding hydrogens is 282 g/mol. The minimum Gasteiger partial charge on any atom is -0.480 e. The standard InChI is InChI=1S/C13H18ClN3O3/c14-9-4-1-2-5-10(9)17-12(18)8-11(13(19)20)16-7-3-6-15/h1-2,4-5,11,16H,3,6-8,15H2,(H,17,18)(H,19,20)/t11-/m1/s1. The average Bonchev–Trinajstić information content (AvgIpc) is 2.40. The van der Waals surface area contributed by atoms with Crippen molar-refractivity contribution in [3.63, 3.8) is 0 Å². The maximum Gasteiger partial charge on any atom is 0.321 e. The van der Waals surface area contributed by atoms with Crippen molar-refractivity contribution in [3.05, 3.63) is 29.3 Å². The van der Waals surface area contributed by atoms with E-state index in [-0.39, 0.29) is 6.42 Å². The van der Waals surface area contributed by atoms with E-state index in [4.69, 9.17) is 22.4 Å². The van der Waals surface area contributed by atoms with Crippen LogP contribution >= 0.6 is 11.6 Å². The highest BCUT2D eigenvalue weighted by molar-refractivity contribution is 6.33. The minimum absolute atomic E-state index is 0.175. The molecule has 0 aliphatic rings. The summed E-state index contributed by atoms with van der Waals surface area (Å²) in [4.78, 5) is 22.9. The van der Waals surface area contributed by atoms with Crippen LogP contribution in [0.3, 0.4) is 0 Å². The third kappa shape index (κ3) is 5.56. The van der Waals surface area contributed by atoms with Crippen molar-refractivity contribution in [2.75, 3.05) is 18.4 Å². The number of nitrogens with two attached hydrogens (primary N) is 1. The van der Waals surface area contributed by atoms with Crippen molar-refractivity contribution < 1.29 is 14.7 Å². The Labute approximate surface area is 122 Å². The van der Waals surface area contributed by atoms with E-state index in [0.29, 0.717) is 30.2 Å². The molecule has 110 valence electrons. The van der Waals surface area contributed by atoms with Crippen molar-refractivity contribution in [2.45, 2.75) is 18.9 Å². The first kappa shape index (κ1) is 16.4. The molecule has 0 aromatic heterocycles. The Kier molecular flexibility index (Phi) is 7.00. The topological polar surface area (TPSA) is 104 Å². The van der Waals surface area contributed by atoms with Gasteiger partial charge in [0.25, 0.3) is 0 Å². The normalized spacial score (nSPS) is 11.9. The molecule has 1 atom stereocenters. The largest absolute Gasteiger partial charge is 0.480 e. The SMILES string of the molecule is NCCCN[C@H](CC(=O)Nc1ccccc1Cl)C(=O)O. The predicted octanol–water partition coefficient (Wildman–Crippen LogP) is 1.06. The van der Waals surface area contributed by atoms with E-state index in [2.05, 4.69) is 10.6 Å². The van der Waals surface area contributed by atoms with E-state index in [9.17, 15) is 9.59 Å². The number of nitrogens with one attached hydrogen (secondary N) is 2. The number of para-hydroxylation sites is 1. The summed E-state index contributed by atoms with van der Waals surface area (Å²) in [6, 6.07) is 5.83. The zero-order valence-corrected chi connectivity index (χ0v) is 11.7. The summed E-state index contributed by atoms with van der Waals surface area (Å²) in [7, 11) is 0. The summed E-state index contributed by atoms with van der Waals surface area (Å²) in [6.07, 6.45) is 0.473. The fourth-order valence-corrected chi connectivity index (χ4v) is 1.76. The second kappa shape index (κ2) is 8.52. The summed E-state index contributed by atoms with van der Waals surface area (Å²) in [5.74, 6) is -1.48. The number of hydrogen-bond donors (Lipinski definition) is 4. The third-order valence-electron chi connectivity index (χ3n) is 2.61. The van der Waals surface area contributed by atoms with E-state index < -0.39 is 17.9 Å². The van der Waals surface area contributed by atoms with Crippen LogP contribution in [0.2, 0.25) is 5.02 Å². The van der Waals surface area contributed by atoms with E-state index in [1.54, 1.807) is 24.3 Å². The summed E-state index contributed by atoms with van der Waals surface area (Å²) in [5, 5.41) is 14.8. The van der Waals surface area contributed by atoms with Gasteiger partial charge in [-0.1, -0.05) is 23.7 Å². The van der Waals surface area contributed by atoms with Crippen LogP contribution in [-0.4, -0.2) is 36.1 Å². The first-order valence-electron chi connectivity index (χ1n) is 6.25. The van der Waals surface area contributed by atoms with Gasteiger partial charge in [-0.25, -0.2) is 0 Å². The van der Waals surface area contributed by atoms with Crippen LogP contribution in [0.4, 0.5) is 5.69 Å². The van der Waals surface area contributed by atoms with Crippen LogP contribution in [-0.2, 0) is 9.59 Å². The molecule has 5 N–H and O–H groups in total. The van der Waals surface area contributed by atoms with Crippen molar-refractivity contribution in [1.29, 1.82) is 0 Å². The maximum absolute atomic E-state index is 11.8. The van der Waals surface area contributed by atoms with Crippen molar-refractivity contribution in [1.82, 2.24) is 5.32 Å². The van der Waals surface area contributed by atoms with Crippen molar-refractivity contribution in [3.8, 4) is 0 Å². The van der Waals surface area contributed by atoms with Gasteiger partial charge in [0.15, 0.2) is 0 Å². The molecule has 0 aliphatic carbocycles. The zero-order valence-electron chi connectivity index (χ0n) is 10.9. The lowest BCUT2D eigenvalue weighted by molar-refractivity contribution is -0.141. The molecule has 0 fully saturated rings. The number of anilines is 1. The lowest BCUT2D eigenvalue weighted by atomic mass is 10.2. The molecule has 1 rings (SSSR count). The molecule has 0 heterocycles. The van der Waals surface area contributed by atoms with Gasteiger partial charge < -0.3 is 21.5 Å². The Hall–Kier alpha value is -1.63. The molecule has 1 aromatic carbocycles. The second-order valence-corrected chi connectivity index (χ2v) is 4.63. The number of hydrogen-bond acceptors (Lipinski definition) is 4. The fraction of sp³-hybridized carbons (Fsp3) is 0.385. The molecule has 1 aromatic rings. The Morgan fingerprint density at radius 2 is 2.05 bits per heavy atom. The van der Waals surface area contributed by atoms with Crippen LogP contribution in [0.1, 0.15) is 12.8 Å². The Balaban J connectivity index is 2.54. The molecule has 6 nitrogen and oxygen atoms in total. The molecule has 0 saturated carbocycles. The predicted molar refractivity (Wildman–Crippen MR) is 77.8 cm³/mol. The monoisotopic (exact) mass is 299 g/mol. The minimum atomic E-state index is -1.07. The van der Waals surface area contributed by atoms with Gasteiger partial charge in [-0.15, -0.1) is 0 Å². The van der Waals surface area contributed by atoms with Gasteiger partial charge in [-0.2, -0.15) is 0 Å². The lowest BCUT2D eigenvalue weighted by Gasteiger charge is -2.14. The number of halogens is 1. The molecule has 20 heavy (non-hydrogen) atoms. The Morgan fingerprint density at radius 3 is 2.65 bits per heavy atom. The highest BCUT2D eigenvalue weighted by Gasteiger charge is 2.20. The van der Waals surface area contributed by atoms with Gasteiger partial charge in [-0.05, 0) is 31.6 Å². The van der Waals surface area contributed by atoms with E-state index >= 15 is 0 Å². The smallest absolute Gasteiger partial charge is 0.321 e. The molecule has 0 unspecified atom stereocenters. The van der Waals surface area contributed by atoms with Gasteiger partial charge >= 0.3 is 5.97 Å². The zero-order chi connectivity index (χ0) is 15.0. The van der Waals surface area contributed by atoms with E-state index in [0.717, 1.165) is 0 Å². The lowest BCUT2D eigenvalue weighted by Crippen LogP contribution is -2.40. The summed E-state index contributed by atoms with van der Waals surface area (Å²) >= 11 is 5.91. The second-order valence-electron chi connectivity index (χ2n) is 4.22. The average molecular weight is 300 g/mol. The van der Waals surface area contributed by atoms with Crippen LogP contribution in [0, 0.1) is 0 Å². The van der Waals surface area contributed by atoms with E-state index in [1.165, 1.54) is 0 Å². The summed E-state index contributed by atoms with van der Waals surface area (Å²) < 4.78 is 0. The van der Waals surface area contributed by atoms with Crippen LogP contribution in [0.5, 0.6) is 0 Å². The van der Waals surface area contributed by atoms with Gasteiger partial charge in [0.1, 0.15) is 6.04 Å². The fourth-order valence-electron chi connectivity index (χ4n) is 1.57. The molecule has 0 aliphatic heterocycles. The number of carboxylic acids is 1. The number of carbonyl (C=O) groups is 2. The highest BCUT2D eigenvalue weighted by atomic mass is 35.5. The van der Waals surface area contributed by atoms with Crippen LogP contribution < -0.4 is 16.4 Å². The number of benzene rings is 1. The molecular formula is C13H18ClN3O3.